The number of aryl methyl sites for hydroxylation is 1. The summed E-state index contributed by atoms with van der Waals surface area (Å²) in [5.41, 5.74) is 1.84. The minimum Gasteiger partial charge on any atom is -0.324 e. The van der Waals surface area contributed by atoms with Crippen LogP contribution in [0.15, 0.2) is 24.3 Å². The van der Waals surface area contributed by atoms with Gasteiger partial charge in [0.15, 0.2) is 0 Å². The Kier molecular flexibility index (Phi) is 10.2. The van der Waals surface area contributed by atoms with E-state index in [0.717, 1.165) is 12.8 Å². The van der Waals surface area contributed by atoms with Crippen LogP contribution in [0.25, 0.3) is 0 Å². The molecule has 1 aromatic rings. The molecule has 0 aliphatic heterocycles. The number of hydrogen-bond acceptors (Lipinski definition) is 5. The minimum absolute atomic E-state index is 0.0595. The second kappa shape index (κ2) is 11.3. The van der Waals surface area contributed by atoms with Crippen LogP contribution in [0.3, 0.4) is 0 Å². The van der Waals surface area contributed by atoms with Crippen LogP contribution in [0.1, 0.15) is 57.6 Å². The highest BCUT2D eigenvalue weighted by atomic mass is 31.3. The topological polar surface area (TPSA) is 82.1 Å². The van der Waals surface area contributed by atoms with Gasteiger partial charge in [-0.2, -0.15) is 0 Å². The van der Waals surface area contributed by atoms with Crippen LogP contribution >= 0.6 is 15.4 Å². The van der Waals surface area contributed by atoms with Crippen LogP contribution < -0.4 is 0 Å². The molecule has 1 unspecified atom stereocenters. The summed E-state index contributed by atoms with van der Waals surface area (Å²) in [6.45, 7) is 5.52. The van der Waals surface area contributed by atoms with Crippen molar-refractivity contribution in [3.05, 3.63) is 35.4 Å². The van der Waals surface area contributed by atoms with E-state index < -0.39 is 15.4 Å². The third-order valence-corrected chi connectivity index (χ3v) is 7.26. The summed E-state index contributed by atoms with van der Waals surface area (Å²) in [5, 5.41) is 0. The molecule has 1 N–H and O–H groups in total. The van der Waals surface area contributed by atoms with Crippen molar-refractivity contribution in [1.82, 2.24) is 0 Å². The zero-order valence-corrected chi connectivity index (χ0v) is 17.1. The average Bonchev–Trinajstić information content (AvgIpc) is 2.52. The molecule has 1 rings (SSSR count). The highest BCUT2D eigenvalue weighted by molar-refractivity contribution is 7.63. The van der Waals surface area contributed by atoms with Crippen LogP contribution in [0, 0.1) is 0 Å². The van der Waals surface area contributed by atoms with Crippen molar-refractivity contribution in [2.75, 3.05) is 13.2 Å². The number of phosphoric ester groups is 1. The van der Waals surface area contributed by atoms with E-state index in [-0.39, 0.29) is 19.4 Å². The molecule has 144 valence electrons. The molecule has 0 saturated carbocycles. The van der Waals surface area contributed by atoms with E-state index in [2.05, 4.69) is 6.92 Å². The molecule has 0 saturated heterocycles. The van der Waals surface area contributed by atoms with Crippen molar-refractivity contribution in [2.24, 2.45) is 0 Å². The molecule has 8 heteroatoms. The Bertz CT molecular complexity index is 577. The predicted molar refractivity (Wildman–Crippen MR) is 99.8 cm³/mol. The second-order valence-electron chi connectivity index (χ2n) is 5.79. The van der Waals surface area contributed by atoms with Gasteiger partial charge < -0.3 is 4.89 Å². The van der Waals surface area contributed by atoms with E-state index in [1.54, 1.807) is 26.0 Å². The monoisotopic (exact) mass is 392 g/mol. The fourth-order valence-electron chi connectivity index (χ4n) is 2.38. The largest absolute Gasteiger partial charge is 0.482 e. The molecule has 25 heavy (non-hydrogen) atoms. The van der Waals surface area contributed by atoms with Crippen LogP contribution in [-0.4, -0.2) is 18.1 Å². The van der Waals surface area contributed by atoms with E-state index in [0.29, 0.717) is 5.56 Å². The number of hydrogen-bond donors (Lipinski definition) is 1. The molecule has 6 nitrogen and oxygen atoms in total. The molecule has 0 spiro atoms. The zero-order chi connectivity index (χ0) is 18.8. The lowest BCUT2D eigenvalue weighted by atomic mass is 10.1. The Morgan fingerprint density at radius 2 is 1.44 bits per heavy atom. The van der Waals surface area contributed by atoms with E-state index >= 15 is 0 Å². The van der Waals surface area contributed by atoms with Crippen LogP contribution in [0.5, 0.6) is 0 Å². The SMILES string of the molecule is CCCCCCc1ccc(CP(=O)(O)OP(=O)(OCC)OCC)cc1. The quantitative estimate of drug-likeness (QED) is 0.343. The van der Waals surface area contributed by atoms with Gasteiger partial charge in [-0.3, -0.25) is 13.6 Å². The van der Waals surface area contributed by atoms with Gasteiger partial charge in [0.1, 0.15) is 0 Å². The normalized spacial score (nSPS) is 14.4. The maximum absolute atomic E-state index is 12.3. The summed E-state index contributed by atoms with van der Waals surface area (Å²) >= 11 is 0. The Hall–Kier alpha value is -0.480. The Labute approximate surface area is 151 Å². The average molecular weight is 392 g/mol. The van der Waals surface area contributed by atoms with Gasteiger partial charge in [0.25, 0.3) is 0 Å². The van der Waals surface area contributed by atoms with Gasteiger partial charge in [0.2, 0.25) is 0 Å². The van der Waals surface area contributed by atoms with Crippen molar-refractivity contribution < 1.29 is 27.4 Å². The maximum Gasteiger partial charge on any atom is 0.482 e. The molecule has 0 aliphatic rings. The molecule has 1 aromatic carbocycles. The third kappa shape index (κ3) is 9.14. The van der Waals surface area contributed by atoms with E-state index in [4.69, 9.17) is 13.4 Å². The molecule has 0 aromatic heterocycles. The van der Waals surface area contributed by atoms with Crippen molar-refractivity contribution >= 4 is 15.4 Å². The van der Waals surface area contributed by atoms with Crippen molar-refractivity contribution in [2.45, 2.75) is 59.0 Å². The Morgan fingerprint density at radius 1 is 0.880 bits per heavy atom. The summed E-state index contributed by atoms with van der Waals surface area (Å²) in [5.74, 6) is 0. The van der Waals surface area contributed by atoms with Crippen molar-refractivity contribution in [3.63, 3.8) is 0 Å². The van der Waals surface area contributed by atoms with Crippen LogP contribution in [0.4, 0.5) is 0 Å². The molecule has 0 radical (unpaired) electrons. The first-order valence-corrected chi connectivity index (χ1v) is 12.1. The summed E-state index contributed by atoms with van der Waals surface area (Å²) in [4.78, 5) is 10.0. The molecule has 1 atom stereocenters. The highest BCUT2D eigenvalue weighted by Crippen LogP contribution is 2.64. The minimum atomic E-state index is -4.15. The first kappa shape index (κ1) is 22.6. The standard InChI is InChI=1S/C17H30O6P2/c1-4-7-8-9-10-16-11-13-17(14-12-16)15-24(18,19)23-25(20,21-5-2)22-6-3/h11-14H,4-10,15H2,1-3H3,(H,18,19). The Balaban J connectivity index is 2.63. The highest BCUT2D eigenvalue weighted by Gasteiger charge is 2.36. The van der Waals surface area contributed by atoms with Gasteiger partial charge in [-0.25, -0.2) is 8.88 Å². The third-order valence-electron chi connectivity index (χ3n) is 3.53. The molecule has 0 heterocycles. The van der Waals surface area contributed by atoms with Gasteiger partial charge in [-0.1, -0.05) is 50.5 Å². The second-order valence-corrected chi connectivity index (χ2v) is 9.44. The van der Waals surface area contributed by atoms with Crippen molar-refractivity contribution in [1.29, 1.82) is 0 Å². The molecular formula is C17H30O6P2. The molecule has 0 amide bonds. The van der Waals surface area contributed by atoms with Gasteiger partial charge in [-0.15, -0.1) is 0 Å². The number of phosphoric acid groups is 1. The van der Waals surface area contributed by atoms with Gasteiger partial charge in [0, 0.05) is 0 Å². The lowest BCUT2D eigenvalue weighted by Gasteiger charge is -2.19. The molecule has 0 fully saturated rings. The van der Waals surface area contributed by atoms with Crippen LogP contribution in [0.2, 0.25) is 0 Å². The summed E-state index contributed by atoms with van der Waals surface area (Å²) in [6.07, 6.45) is 5.55. The lowest BCUT2D eigenvalue weighted by molar-refractivity contribution is 0.162. The number of rotatable bonds is 13. The lowest BCUT2D eigenvalue weighted by Crippen LogP contribution is -2.00. The summed E-state index contributed by atoms with van der Waals surface area (Å²) in [6, 6.07) is 7.50. The fraction of sp³-hybridized carbons (Fsp3) is 0.647. The van der Waals surface area contributed by atoms with E-state index in [1.807, 2.05) is 12.1 Å². The first-order chi connectivity index (χ1) is 11.8. The van der Waals surface area contributed by atoms with Crippen molar-refractivity contribution in [3.8, 4) is 0 Å². The smallest absolute Gasteiger partial charge is 0.324 e. The van der Waals surface area contributed by atoms with E-state index in [9.17, 15) is 14.0 Å². The molecular weight excluding hydrogens is 362 g/mol. The number of benzene rings is 1. The molecule has 0 bridgehead atoms. The van der Waals surface area contributed by atoms with E-state index in [1.165, 1.54) is 24.8 Å². The van der Waals surface area contributed by atoms with Gasteiger partial charge >= 0.3 is 15.4 Å². The summed E-state index contributed by atoms with van der Waals surface area (Å²) in [7, 11) is -8.18. The maximum atomic E-state index is 12.3. The fourth-order valence-corrected chi connectivity index (χ4v) is 5.62. The van der Waals surface area contributed by atoms with Gasteiger partial charge in [-0.05, 0) is 37.8 Å². The Morgan fingerprint density at radius 3 is 1.96 bits per heavy atom. The summed E-state index contributed by atoms with van der Waals surface area (Å²) < 4.78 is 39.2. The zero-order valence-electron chi connectivity index (χ0n) is 15.3. The predicted octanol–water partition coefficient (Wildman–Crippen LogP) is 5.69. The molecule has 0 aliphatic carbocycles. The van der Waals surface area contributed by atoms with Gasteiger partial charge in [0.05, 0.1) is 19.4 Å². The first-order valence-electron chi connectivity index (χ1n) is 8.84. The number of unbranched alkanes of at least 4 members (excludes halogenated alkanes) is 3. The van der Waals surface area contributed by atoms with Crippen LogP contribution in [-0.2, 0) is 35.1 Å².